The molecule has 2 aromatic carbocycles. The molecule has 3 rings (SSSR count). The first-order chi connectivity index (χ1) is 11.7. The van der Waals surface area contributed by atoms with E-state index in [1.165, 1.54) is 12.0 Å². The van der Waals surface area contributed by atoms with Crippen LogP contribution in [0.5, 0.6) is 11.5 Å². The molecule has 1 aromatic heterocycles. The number of hydrogen-bond donors (Lipinski definition) is 1. The van der Waals surface area contributed by atoms with Crippen LogP contribution < -0.4 is 19.6 Å². The Bertz CT molecular complexity index is 862. The molecule has 0 spiro atoms. The van der Waals surface area contributed by atoms with Gasteiger partial charge in [-0.3, -0.25) is 4.79 Å². The van der Waals surface area contributed by atoms with Gasteiger partial charge in [0.15, 0.2) is 18.1 Å². The molecule has 0 atom stereocenters. The van der Waals surface area contributed by atoms with Crippen LogP contribution >= 0.6 is 0 Å². The molecule has 8 heteroatoms. The Morgan fingerprint density at radius 1 is 1.12 bits per heavy atom. The van der Waals surface area contributed by atoms with Crippen molar-refractivity contribution in [2.24, 2.45) is 0 Å². The molecule has 24 heavy (non-hydrogen) atoms. The Morgan fingerprint density at radius 3 is 2.71 bits per heavy atom. The Balaban J connectivity index is 1.63. The van der Waals surface area contributed by atoms with Crippen LogP contribution in [-0.4, -0.2) is 41.9 Å². The Hall–Kier alpha value is -3.29. The van der Waals surface area contributed by atoms with Crippen molar-refractivity contribution in [3.05, 3.63) is 42.5 Å². The number of carbonyl (C=O) groups excluding carboxylic acids is 1. The lowest BCUT2D eigenvalue weighted by Crippen LogP contribution is -2.26. The molecular formula is C16H16N4O4. The molecule has 3 aromatic rings. The van der Waals surface area contributed by atoms with Crippen molar-refractivity contribution >= 4 is 22.6 Å². The fraction of sp³-hybridized carbons (Fsp3) is 0.188. The molecule has 0 aliphatic rings. The monoisotopic (exact) mass is 328 g/mol. The number of anilines is 1. The normalized spacial score (nSPS) is 10.4. The molecule has 0 unspecified atom stereocenters. The van der Waals surface area contributed by atoms with Crippen LogP contribution in [0.1, 0.15) is 0 Å². The largest absolute Gasteiger partial charge is 0.493 e. The Morgan fingerprint density at radius 2 is 1.92 bits per heavy atom. The number of carbonyl (C=O) groups is 1. The van der Waals surface area contributed by atoms with Gasteiger partial charge in [0.25, 0.3) is 5.91 Å². The summed E-state index contributed by atoms with van der Waals surface area (Å²) in [6.45, 7) is -0.207. The van der Waals surface area contributed by atoms with Gasteiger partial charge >= 0.3 is 0 Å². The fourth-order valence-corrected chi connectivity index (χ4v) is 2.17. The van der Waals surface area contributed by atoms with Gasteiger partial charge in [0.05, 0.1) is 14.2 Å². The van der Waals surface area contributed by atoms with Gasteiger partial charge in [-0.1, -0.05) is 17.0 Å². The van der Waals surface area contributed by atoms with E-state index in [4.69, 9.17) is 14.3 Å². The molecule has 0 aliphatic carbocycles. The van der Waals surface area contributed by atoms with E-state index in [1.807, 2.05) is 24.3 Å². The lowest BCUT2D eigenvalue weighted by molar-refractivity contribution is -0.121. The highest BCUT2D eigenvalue weighted by Gasteiger charge is 2.10. The predicted molar refractivity (Wildman–Crippen MR) is 87.2 cm³/mol. The minimum Gasteiger partial charge on any atom is -0.493 e. The van der Waals surface area contributed by atoms with Gasteiger partial charge in [-0.2, -0.15) is 0 Å². The lowest BCUT2D eigenvalue weighted by Gasteiger charge is -2.11. The van der Waals surface area contributed by atoms with Crippen molar-refractivity contribution < 1.29 is 19.1 Å². The lowest BCUT2D eigenvalue weighted by atomic mass is 10.2. The first kappa shape index (κ1) is 15.6. The number of methoxy groups -OCH3 is 2. The maximum atomic E-state index is 12.0. The smallest absolute Gasteiger partial charge is 0.265 e. The predicted octanol–water partition coefficient (Wildman–Crippen LogP) is 1.52. The van der Waals surface area contributed by atoms with Gasteiger partial charge in [0.1, 0.15) is 11.0 Å². The SMILES string of the molecule is COc1ccc(NC(=O)COn2nnc3ccccc32)cc1OC. The van der Waals surface area contributed by atoms with E-state index in [0.717, 1.165) is 0 Å². The number of hydrogen-bond acceptors (Lipinski definition) is 6. The topological polar surface area (TPSA) is 87.5 Å². The van der Waals surface area contributed by atoms with Gasteiger partial charge in [0.2, 0.25) is 0 Å². The summed E-state index contributed by atoms with van der Waals surface area (Å²) in [5.41, 5.74) is 1.96. The summed E-state index contributed by atoms with van der Waals surface area (Å²) in [5, 5.41) is 10.5. The van der Waals surface area contributed by atoms with Crippen LogP contribution in [0.15, 0.2) is 42.5 Å². The molecular weight excluding hydrogens is 312 g/mol. The zero-order valence-corrected chi connectivity index (χ0v) is 13.2. The van der Waals surface area contributed by atoms with Crippen LogP contribution in [0.2, 0.25) is 0 Å². The summed E-state index contributed by atoms with van der Waals surface area (Å²) < 4.78 is 10.3. The van der Waals surface area contributed by atoms with Crippen molar-refractivity contribution in [3.63, 3.8) is 0 Å². The highest BCUT2D eigenvalue weighted by molar-refractivity contribution is 5.92. The molecule has 1 heterocycles. The van der Waals surface area contributed by atoms with E-state index in [2.05, 4.69) is 15.6 Å². The summed E-state index contributed by atoms with van der Waals surface area (Å²) in [7, 11) is 3.08. The van der Waals surface area contributed by atoms with Crippen molar-refractivity contribution in [2.45, 2.75) is 0 Å². The van der Waals surface area contributed by atoms with Gasteiger partial charge in [-0.05, 0) is 29.5 Å². The third kappa shape index (κ3) is 3.22. The molecule has 0 aliphatic heterocycles. The van der Waals surface area contributed by atoms with Gasteiger partial charge in [0, 0.05) is 11.8 Å². The Kier molecular flexibility index (Phi) is 4.46. The second kappa shape index (κ2) is 6.86. The number of nitrogens with one attached hydrogen (secondary N) is 1. The third-order valence-electron chi connectivity index (χ3n) is 3.31. The van der Waals surface area contributed by atoms with E-state index in [9.17, 15) is 4.79 Å². The molecule has 1 N–H and O–H groups in total. The second-order valence-corrected chi connectivity index (χ2v) is 4.84. The summed E-state index contributed by atoms with van der Waals surface area (Å²) in [4.78, 5) is 18.6. The number of amides is 1. The van der Waals surface area contributed by atoms with Gasteiger partial charge < -0.3 is 19.6 Å². The molecule has 0 fully saturated rings. The van der Waals surface area contributed by atoms with Crippen molar-refractivity contribution in [1.29, 1.82) is 0 Å². The molecule has 0 saturated heterocycles. The van der Waals surface area contributed by atoms with Crippen molar-refractivity contribution in [1.82, 2.24) is 15.2 Å². The number of para-hydroxylation sites is 1. The van der Waals surface area contributed by atoms with Crippen molar-refractivity contribution in [2.75, 3.05) is 26.1 Å². The minimum atomic E-state index is -0.332. The number of ether oxygens (including phenoxy) is 2. The van der Waals surface area contributed by atoms with Crippen LogP contribution in [0.4, 0.5) is 5.69 Å². The molecule has 8 nitrogen and oxygen atoms in total. The van der Waals surface area contributed by atoms with E-state index < -0.39 is 0 Å². The minimum absolute atomic E-state index is 0.207. The molecule has 0 radical (unpaired) electrons. The number of nitrogens with zero attached hydrogens (tertiary/aromatic N) is 3. The number of benzene rings is 2. The molecule has 0 bridgehead atoms. The second-order valence-electron chi connectivity index (χ2n) is 4.84. The van der Waals surface area contributed by atoms with E-state index in [1.54, 1.807) is 25.3 Å². The van der Waals surface area contributed by atoms with Crippen LogP contribution in [0.3, 0.4) is 0 Å². The van der Waals surface area contributed by atoms with Gasteiger partial charge in [-0.25, -0.2) is 0 Å². The molecule has 1 amide bonds. The summed E-state index contributed by atoms with van der Waals surface area (Å²) in [5.74, 6) is 0.779. The first-order valence-corrected chi connectivity index (χ1v) is 7.17. The average Bonchev–Trinajstić information content (AvgIpc) is 3.03. The van der Waals surface area contributed by atoms with E-state index in [0.29, 0.717) is 28.2 Å². The zero-order valence-electron chi connectivity index (χ0n) is 13.2. The average molecular weight is 328 g/mol. The zero-order chi connectivity index (χ0) is 16.9. The summed E-state index contributed by atoms with van der Waals surface area (Å²) in [6.07, 6.45) is 0. The summed E-state index contributed by atoms with van der Waals surface area (Å²) in [6, 6.07) is 12.4. The van der Waals surface area contributed by atoms with E-state index >= 15 is 0 Å². The Labute approximate surface area is 137 Å². The number of rotatable bonds is 6. The molecule has 0 saturated carbocycles. The number of fused-ring (bicyclic) bond motifs is 1. The van der Waals surface area contributed by atoms with Crippen LogP contribution in [0.25, 0.3) is 11.0 Å². The maximum Gasteiger partial charge on any atom is 0.265 e. The number of aromatic nitrogens is 3. The first-order valence-electron chi connectivity index (χ1n) is 7.17. The third-order valence-corrected chi connectivity index (χ3v) is 3.31. The standard InChI is InChI=1S/C16H16N4O4/c1-22-14-8-7-11(9-15(14)23-2)17-16(21)10-24-20-13-6-4-3-5-12(13)18-19-20/h3-9H,10H2,1-2H3,(H,17,21). The highest BCUT2D eigenvalue weighted by Crippen LogP contribution is 2.29. The van der Waals surface area contributed by atoms with Gasteiger partial charge in [-0.15, -0.1) is 5.10 Å². The van der Waals surface area contributed by atoms with E-state index in [-0.39, 0.29) is 12.5 Å². The quantitative estimate of drug-likeness (QED) is 0.738. The van der Waals surface area contributed by atoms with Crippen molar-refractivity contribution in [3.8, 4) is 11.5 Å². The fourth-order valence-electron chi connectivity index (χ4n) is 2.17. The van der Waals surface area contributed by atoms with Crippen LogP contribution in [0, 0.1) is 0 Å². The highest BCUT2D eigenvalue weighted by atomic mass is 16.7. The summed E-state index contributed by atoms with van der Waals surface area (Å²) >= 11 is 0. The van der Waals surface area contributed by atoms with Crippen LogP contribution in [-0.2, 0) is 4.79 Å². The molecule has 124 valence electrons. The maximum absolute atomic E-state index is 12.0.